The number of nitro groups is 1. The summed E-state index contributed by atoms with van der Waals surface area (Å²) in [5.41, 5.74) is 2.15. The summed E-state index contributed by atoms with van der Waals surface area (Å²) in [6.45, 7) is 4.00. The fourth-order valence-corrected chi connectivity index (χ4v) is 3.15. The molecule has 0 aliphatic carbocycles. The van der Waals surface area contributed by atoms with E-state index < -0.39 is 4.92 Å². The molecule has 0 radical (unpaired) electrons. The lowest BCUT2D eigenvalue weighted by atomic mass is 10.1. The van der Waals surface area contributed by atoms with E-state index in [1.165, 1.54) is 29.5 Å². The van der Waals surface area contributed by atoms with E-state index in [1.54, 1.807) is 29.7 Å². The molecule has 3 rings (SSSR count). The predicted octanol–water partition coefficient (Wildman–Crippen LogP) is 4.94. The number of aromatic nitrogens is 1. The molecular formula is C21H17N3O4S. The third-order valence-corrected chi connectivity index (χ3v) is 4.56. The molecule has 0 unspecified atom stereocenters. The van der Waals surface area contributed by atoms with Crippen molar-refractivity contribution in [1.29, 1.82) is 0 Å². The van der Waals surface area contributed by atoms with Crippen LogP contribution < -0.4 is 10.1 Å². The van der Waals surface area contributed by atoms with E-state index in [-0.39, 0.29) is 11.6 Å². The first-order valence-corrected chi connectivity index (χ1v) is 9.47. The molecule has 0 saturated heterocycles. The van der Waals surface area contributed by atoms with Crippen LogP contribution in [-0.4, -0.2) is 22.4 Å². The lowest BCUT2D eigenvalue weighted by molar-refractivity contribution is -0.384. The molecule has 1 amide bonds. The molecule has 3 aromatic rings. The number of hydrogen-bond donors (Lipinski definition) is 1. The Bertz CT molecular complexity index is 1060. The van der Waals surface area contributed by atoms with E-state index in [0.717, 1.165) is 11.1 Å². The number of nitrogens with zero attached hydrogens (tertiary/aromatic N) is 2. The third-order valence-electron chi connectivity index (χ3n) is 3.80. The van der Waals surface area contributed by atoms with Gasteiger partial charge in [-0.25, -0.2) is 4.98 Å². The molecule has 0 bridgehead atoms. The van der Waals surface area contributed by atoms with Crippen LogP contribution in [0, 0.1) is 10.1 Å². The van der Waals surface area contributed by atoms with Gasteiger partial charge in [0.05, 0.1) is 10.6 Å². The quantitative estimate of drug-likeness (QED) is 0.247. The van der Waals surface area contributed by atoms with E-state index in [4.69, 9.17) is 4.74 Å². The lowest BCUT2D eigenvalue weighted by Gasteiger charge is -2.06. The molecule has 7 nitrogen and oxygen atoms in total. The van der Waals surface area contributed by atoms with Crippen molar-refractivity contribution in [1.82, 2.24) is 4.98 Å². The SMILES string of the molecule is C=CCOc1ccccc1/C=C/C(=O)Nc1nc(-c2ccc([N+](=O)[O-])cc2)cs1. The molecule has 0 aliphatic heterocycles. The van der Waals surface area contributed by atoms with Crippen LogP contribution in [0.4, 0.5) is 10.8 Å². The van der Waals surface area contributed by atoms with Gasteiger partial charge in [0, 0.05) is 34.7 Å². The summed E-state index contributed by atoms with van der Waals surface area (Å²) >= 11 is 1.27. The van der Waals surface area contributed by atoms with Gasteiger partial charge in [0.1, 0.15) is 12.4 Å². The predicted molar refractivity (Wildman–Crippen MR) is 114 cm³/mol. The molecule has 1 heterocycles. The van der Waals surface area contributed by atoms with Crippen LogP contribution >= 0.6 is 11.3 Å². The number of non-ortho nitro benzene ring substituents is 1. The minimum Gasteiger partial charge on any atom is -0.489 e. The molecular weight excluding hydrogens is 390 g/mol. The fraction of sp³-hybridized carbons (Fsp3) is 0.0476. The van der Waals surface area contributed by atoms with Crippen LogP contribution in [0.15, 0.2) is 72.6 Å². The van der Waals surface area contributed by atoms with Gasteiger partial charge in [-0.2, -0.15) is 0 Å². The van der Waals surface area contributed by atoms with Crippen LogP contribution in [0.5, 0.6) is 5.75 Å². The van der Waals surface area contributed by atoms with Crippen LogP contribution in [0.25, 0.3) is 17.3 Å². The smallest absolute Gasteiger partial charge is 0.269 e. The van der Waals surface area contributed by atoms with E-state index in [9.17, 15) is 14.9 Å². The van der Waals surface area contributed by atoms with Crippen molar-refractivity contribution < 1.29 is 14.5 Å². The Morgan fingerprint density at radius 2 is 2.00 bits per heavy atom. The number of thiazole rings is 1. The fourth-order valence-electron chi connectivity index (χ4n) is 2.43. The van der Waals surface area contributed by atoms with E-state index >= 15 is 0 Å². The lowest BCUT2D eigenvalue weighted by Crippen LogP contribution is -2.07. The van der Waals surface area contributed by atoms with Crippen molar-refractivity contribution >= 4 is 34.1 Å². The highest BCUT2D eigenvalue weighted by Gasteiger charge is 2.09. The third kappa shape index (κ3) is 5.36. The zero-order valence-corrected chi connectivity index (χ0v) is 16.1. The maximum Gasteiger partial charge on any atom is 0.269 e. The number of benzene rings is 2. The van der Waals surface area contributed by atoms with Crippen molar-refractivity contribution in [3.63, 3.8) is 0 Å². The second kappa shape index (κ2) is 9.43. The molecule has 146 valence electrons. The highest BCUT2D eigenvalue weighted by Crippen LogP contribution is 2.26. The zero-order chi connectivity index (χ0) is 20.6. The van der Waals surface area contributed by atoms with Gasteiger partial charge in [0.25, 0.3) is 5.69 Å². The van der Waals surface area contributed by atoms with Crippen molar-refractivity contribution in [2.24, 2.45) is 0 Å². The van der Waals surface area contributed by atoms with Crippen molar-refractivity contribution in [2.45, 2.75) is 0 Å². The van der Waals surface area contributed by atoms with E-state index in [2.05, 4.69) is 16.9 Å². The normalized spacial score (nSPS) is 10.6. The molecule has 0 fully saturated rings. The van der Waals surface area contributed by atoms with Gasteiger partial charge in [-0.15, -0.1) is 11.3 Å². The van der Waals surface area contributed by atoms with Gasteiger partial charge < -0.3 is 4.74 Å². The van der Waals surface area contributed by atoms with Gasteiger partial charge >= 0.3 is 0 Å². The Morgan fingerprint density at radius 1 is 1.24 bits per heavy atom. The highest BCUT2D eigenvalue weighted by atomic mass is 32.1. The Morgan fingerprint density at radius 3 is 2.72 bits per heavy atom. The monoisotopic (exact) mass is 407 g/mol. The number of hydrogen-bond acceptors (Lipinski definition) is 6. The Labute approximate surface area is 171 Å². The summed E-state index contributed by atoms with van der Waals surface area (Å²) < 4.78 is 5.56. The molecule has 1 aromatic heterocycles. The maximum atomic E-state index is 12.2. The Kier molecular flexibility index (Phi) is 6.49. The van der Waals surface area contributed by atoms with Crippen LogP contribution in [0.1, 0.15) is 5.56 Å². The number of amides is 1. The average Bonchev–Trinajstić information content (AvgIpc) is 3.19. The summed E-state index contributed by atoms with van der Waals surface area (Å²) in [7, 11) is 0. The van der Waals surface area contributed by atoms with Crippen molar-refractivity contribution in [3.8, 4) is 17.0 Å². The van der Waals surface area contributed by atoms with Gasteiger partial charge in [0.2, 0.25) is 5.91 Å². The number of anilines is 1. The van der Waals surface area contributed by atoms with Crippen LogP contribution in [0.3, 0.4) is 0 Å². The number of nitro benzene ring substituents is 1. The molecule has 29 heavy (non-hydrogen) atoms. The number of carbonyl (C=O) groups excluding carboxylic acids is 1. The largest absolute Gasteiger partial charge is 0.489 e. The number of nitrogens with one attached hydrogen (secondary N) is 1. The molecule has 8 heteroatoms. The van der Waals surface area contributed by atoms with Gasteiger partial charge in [-0.3, -0.25) is 20.2 Å². The van der Waals surface area contributed by atoms with Crippen LogP contribution in [0.2, 0.25) is 0 Å². The summed E-state index contributed by atoms with van der Waals surface area (Å²) in [5, 5.41) is 15.7. The molecule has 1 N–H and O–H groups in total. The molecule has 0 atom stereocenters. The van der Waals surface area contributed by atoms with Crippen molar-refractivity contribution in [2.75, 3.05) is 11.9 Å². The summed E-state index contributed by atoms with van der Waals surface area (Å²) in [5.74, 6) is 0.333. The second-order valence-electron chi connectivity index (χ2n) is 5.80. The first-order chi connectivity index (χ1) is 14.1. The topological polar surface area (TPSA) is 94.4 Å². The minimum atomic E-state index is -0.455. The first-order valence-electron chi connectivity index (χ1n) is 8.59. The molecule has 0 saturated carbocycles. The zero-order valence-electron chi connectivity index (χ0n) is 15.3. The summed E-state index contributed by atoms with van der Waals surface area (Å²) in [6, 6.07) is 13.5. The Hall–Kier alpha value is -3.78. The summed E-state index contributed by atoms with van der Waals surface area (Å²) in [6.07, 6.45) is 4.72. The van der Waals surface area contributed by atoms with Gasteiger partial charge in [-0.1, -0.05) is 30.9 Å². The minimum absolute atomic E-state index is 0.0139. The molecule has 0 aliphatic rings. The standard InChI is InChI=1S/C21H17N3O4S/c1-2-13-28-19-6-4-3-5-16(19)9-12-20(25)23-21-22-18(14-29-21)15-7-10-17(11-8-15)24(26)27/h2-12,14H,1,13H2,(H,22,23,25)/b12-9+. The van der Waals surface area contributed by atoms with E-state index in [1.807, 2.05) is 24.3 Å². The van der Waals surface area contributed by atoms with E-state index in [0.29, 0.717) is 23.2 Å². The van der Waals surface area contributed by atoms with Gasteiger partial charge in [-0.05, 0) is 24.3 Å². The molecule has 2 aromatic carbocycles. The molecule has 0 spiro atoms. The number of para-hydroxylation sites is 1. The number of rotatable bonds is 8. The number of carbonyl (C=O) groups is 1. The van der Waals surface area contributed by atoms with Crippen molar-refractivity contribution in [3.05, 3.63) is 88.3 Å². The number of ether oxygens (including phenoxy) is 1. The first kappa shape index (κ1) is 20.0. The highest BCUT2D eigenvalue weighted by molar-refractivity contribution is 7.14. The van der Waals surface area contributed by atoms with Gasteiger partial charge in [0.15, 0.2) is 5.13 Å². The maximum absolute atomic E-state index is 12.2. The van der Waals surface area contributed by atoms with Crippen LogP contribution in [-0.2, 0) is 4.79 Å². The average molecular weight is 407 g/mol. The Balaban J connectivity index is 1.65. The summed E-state index contributed by atoms with van der Waals surface area (Å²) in [4.78, 5) is 26.9. The second-order valence-corrected chi connectivity index (χ2v) is 6.66.